The lowest BCUT2D eigenvalue weighted by Gasteiger charge is -2.20. The molecule has 1 saturated carbocycles. The number of carboxylic acid groups (broad SMARTS) is 1. The molecular formula is C11H18O3S. The summed E-state index contributed by atoms with van der Waals surface area (Å²) in [5.41, 5.74) is 0. The Kier molecular flexibility index (Phi) is 3.82. The van der Waals surface area contributed by atoms with Gasteiger partial charge in [0.15, 0.2) is 0 Å². The van der Waals surface area contributed by atoms with E-state index in [4.69, 9.17) is 5.11 Å². The third kappa shape index (κ3) is 3.52. The molecule has 0 saturated heterocycles. The van der Waals surface area contributed by atoms with Crippen LogP contribution in [0.2, 0.25) is 0 Å². The molecule has 86 valence electrons. The first-order chi connectivity index (χ1) is 6.81. The van der Waals surface area contributed by atoms with Crippen LogP contribution in [0, 0.1) is 11.8 Å². The van der Waals surface area contributed by atoms with Crippen LogP contribution < -0.4 is 0 Å². The highest BCUT2D eigenvalue weighted by Gasteiger charge is 2.38. The number of thiol groups is 1. The molecule has 0 bridgehead atoms. The molecule has 0 spiro atoms. The van der Waals surface area contributed by atoms with Gasteiger partial charge in [0, 0.05) is 17.1 Å². The number of Topliss-reactive ketones (excluding diaryl/α,β-unsaturated/α-hetero) is 1. The Morgan fingerprint density at radius 3 is 2.33 bits per heavy atom. The molecule has 0 amide bonds. The highest BCUT2D eigenvalue weighted by Crippen LogP contribution is 2.35. The van der Waals surface area contributed by atoms with Gasteiger partial charge in [0.05, 0.1) is 5.92 Å². The van der Waals surface area contributed by atoms with E-state index < -0.39 is 11.9 Å². The second-order valence-electron chi connectivity index (χ2n) is 4.94. The summed E-state index contributed by atoms with van der Waals surface area (Å²) in [7, 11) is 0. The van der Waals surface area contributed by atoms with E-state index in [1.54, 1.807) is 0 Å². The van der Waals surface area contributed by atoms with E-state index >= 15 is 0 Å². The van der Waals surface area contributed by atoms with Crippen LogP contribution in [0.5, 0.6) is 0 Å². The van der Waals surface area contributed by atoms with Gasteiger partial charge in [-0.2, -0.15) is 12.6 Å². The fourth-order valence-electron chi connectivity index (χ4n) is 2.20. The first-order valence-electron chi connectivity index (χ1n) is 5.29. The highest BCUT2D eigenvalue weighted by atomic mass is 32.1. The van der Waals surface area contributed by atoms with Gasteiger partial charge in [-0.25, -0.2) is 0 Å². The summed E-state index contributed by atoms with van der Waals surface area (Å²) in [6, 6.07) is 0. The van der Waals surface area contributed by atoms with Gasteiger partial charge in [-0.05, 0) is 12.8 Å². The quantitative estimate of drug-likeness (QED) is 0.728. The maximum absolute atomic E-state index is 11.9. The first-order valence-corrected chi connectivity index (χ1v) is 5.74. The summed E-state index contributed by atoms with van der Waals surface area (Å²) in [6.07, 6.45) is 2.56. The van der Waals surface area contributed by atoms with Gasteiger partial charge >= 0.3 is 5.97 Å². The number of aliphatic carboxylic acids is 1. The lowest BCUT2D eigenvalue weighted by Crippen LogP contribution is -2.29. The van der Waals surface area contributed by atoms with E-state index in [0.717, 1.165) is 12.8 Å². The van der Waals surface area contributed by atoms with Crippen molar-refractivity contribution in [3.05, 3.63) is 0 Å². The number of carbonyl (C=O) groups is 2. The fourth-order valence-corrected chi connectivity index (χ4v) is 2.35. The molecule has 1 fully saturated rings. The summed E-state index contributed by atoms with van der Waals surface area (Å²) in [5.74, 6) is -1.52. The molecule has 0 aromatic carbocycles. The van der Waals surface area contributed by atoms with Crippen LogP contribution in [-0.4, -0.2) is 21.6 Å². The molecule has 3 nitrogen and oxygen atoms in total. The van der Waals surface area contributed by atoms with Crippen molar-refractivity contribution in [1.29, 1.82) is 0 Å². The Bertz CT molecular complexity index is 267. The average Bonchev–Trinajstić information content (AvgIpc) is 2.47. The Morgan fingerprint density at radius 2 is 1.87 bits per heavy atom. The lowest BCUT2D eigenvalue weighted by molar-refractivity contribution is -0.145. The Balaban J connectivity index is 2.63. The average molecular weight is 230 g/mol. The van der Waals surface area contributed by atoms with E-state index in [9.17, 15) is 9.59 Å². The minimum absolute atomic E-state index is 0.0555. The van der Waals surface area contributed by atoms with E-state index in [1.165, 1.54) is 0 Å². The van der Waals surface area contributed by atoms with Crippen LogP contribution in [0.3, 0.4) is 0 Å². The Morgan fingerprint density at radius 1 is 1.33 bits per heavy atom. The normalized spacial score (nSPS) is 26.6. The van der Waals surface area contributed by atoms with Gasteiger partial charge in [0.1, 0.15) is 5.78 Å². The van der Waals surface area contributed by atoms with Crippen molar-refractivity contribution in [3.8, 4) is 0 Å². The van der Waals surface area contributed by atoms with Crippen LogP contribution in [0.1, 0.15) is 39.5 Å². The van der Waals surface area contributed by atoms with E-state index in [2.05, 4.69) is 12.6 Å². The third-order valence-electron chi connectivity index (χ3n) is 2.85. The highest BCUT2D eigenvalue weighted by molar-refractivity contribution is 7.81. The van der Waals surface area contributed by atoms with Crippen molar-refractivity contribution < 1.29 is 14.7 Å². The molecule has 15 heavy (non-hydrogen) atoms. The number of carbonyl (C=O) groups excluding carboxylic acids is 1. The van der Waals surface area contributed by atoms with E-state index in [0.29, 0.717) is 12.8 Å². The van der Waals surface area contributed by atoms with Gasteiger partial charge in [-0.3, -0.25) is 9.59 Å². The van der Waals surface area contributed by atoms with Crippen LogP contribution in [-0.2, 0) is 9.59 Å². The predicted octanol–water partition coefficient (Wildman–Crippen LogP) is 2.15. The molecule has 1 N–H and O–H groups in total. The summed E-state index contributed by atoms with van der Waals surface area (Å²) < 4.78 is -0.345. The molecule has 0 aromatic rings. The smallest absolute Gasteiger partial charge is 0.307 e. The molecule has 0 heterocycles. The van der Waals surface area contributed by atoms with Crippen LogP contribution in [0.15, 0.2) is 0 Å². The van der Waals surface area contributed by atoms with Gasteiger partial charge in [0.2, 0.25) is 0 Å². The van der Waals surface area contributed by atoms with Crippen LogP contribution in [0.4, 0.5) is 0 Å². The SMILES string of the molecule is CC(C)(S)CC(=O)[C@@H]1CCC[C@@H]1C(=O)O. The van der Waals surface area contributed by atoms with Crippen molar-refractivity contribution in [2.24, 2.45) is 11.8 Å². The Hall–Kier alpha value is -0.510. The summed E-state index contributed by atoms with van der Waals surface area (Å²) in [5, 5.41) is 8.96. The van der Waals surface area contributed by atoms with E-state index in [1.807, 2.05) is 13.8 Å². The van der Waals surface area contributed by atoms with Gasteiger partial charge in [-0.15, -0.1) is 0 Å². The van der Waals surface area contributed by atoms with Crippen LogP contribution in [0.25, 0.3) is 0 Å². The topological polar surface area (TPSA) is 54.4 Å². The van der Waals surface area contributed by atoms with Crippen LogP contribution >= 0.6 is 12.6 Å². The monoisotopic (exact) mass is 230 g/mol. The zero-order valence-corrected chi connectivity index (χ0v) is 10.1. The van der Waals surface area contributed by atoms with Gasteiger partial charge < -0.3 is 5.11 Å². The maximum atomic E-state index is 11.9. The zero-order chi connectivity index (χ0) is 11.6. The molecule has 0 aliphatic heterocycles. The molecule has 0 unspecified atom stereocenters. The molecule has 1 aliphatic rings. The standard InChI is InChI=1S/C11H18O3S/c1-11(2,15)6-9(12)7-4-3-5-8(7)10(13)14/h7-8,15H,3-6H2,1-2H3,(H,13,14)/t7-,8+/m1/s1. The number of hydrogen-bond donors (Lipinski definition) is 2. The number of rotatable bonds is 4. The molecule has 2 atom stereocenters. The van der Waals surface area contributed by atoms with Crippen molar-refractivity contribution in [3.63, 3.8) is 0 Å². The van der Waals surface area contributed by atoms with Crippen molar-refractivity contribution >= 4 is 24.4 Å². The molecule has 4 heteroatoms. The minimum atomic E-state index is -0.831. The molecule has 0 aromatic heterocycles. The van der Waals surface area contributed by atoms with E-state index in [-0.39, 0.29) is 16.4 Å². The first kappa shape index (κ1) is 12.6. The maximum Gasteiger partial charge on any atom is 0.307 e. The van der Waals surface area contributed by atoms with Gasteiger partial charge in [-0.1, -0.05) is 20.3 Å². The number of hydrogen-bond acceptors (Lipinski definition) is 3. The summed E-state index contributed by atoms with van der Waals surface area (Å²) >= 11 is 4.30. The minimum Gasteiger partial charge on any atom is -0.481 e. The van der Waals surface area contributed by atoms with Gasteiger partial charge in [0.25, 0.3) is 0 Å². The predicted molar refractivity (Wildman–Crippen MR) is 61.2 cm³/mol. The summed E-state index contributed by atoms with van der Waals surface area (Å²) in [4.78, 5) is 22.8. The zero-order valence-electron chi connectivity index (χ0n) is 9.19. The molecule has 1 aliphatic carbocycles. The molecular weight excluding hydrogens is 212 g/mol. The third-order valence-corrected chi connectivity index (χ3v) is 3.01. The Labute approximate surface area is 95.7 Å². The second kappa shape index (κ2) is 4.56. The molecule has 1 rings (SSSR count). The lowest BCUT2D eigenvalue weighted by atomic mass is 9.88. The summed E-state index contributed by atoms with van der Waals surface area (Å²) in [6.45, 7) is 3.75. The van der Waals surface area contributed by atoms with Crippen molar-refractivity contribution in [1.82, 2.24) is 0 Å². The second-order valence-corrected chi connectivity index (χ2v) is 6.15. The fraction of sp³-hybridized carbons (Fsp3) is 0.818. The largest absolute Gasteiger partial charge is 0.481 e. The molecule has 0 radical (unpaired) electrons. The number of carboxylic acids is 1. The van der Waals surface area contributed by atoms with Crippen molar-refractivity contribution in [2.45, 2.75) is 44.3 Å². The van der Waals surface area contributed by atoms with Crippen molar-refractivity contribution in [2.75, 3.05) is 0 Å². The number of ketones is 1.